The Labute approximate surface area is 122 Å². The van der Waals surface area contributed by atoms with E-state index in [0.29, 0.717) is 6.04 Å². The van der Waals surface area contributed by atoms with Crippen molar-refractivity contribution in [2.45, 2.75) is 57.9 Å². The molecule has 0 aromatic carbocycles. The number of rotatable bonds is 3. The maximum atomic E-state index is 4.53. The Hall–Kier alpha value is -1.16. The largest absolute Gasteiger partial charge is 0.367 e. The smallest absolute Gasteiger partial charge is 0.133 e. The lowest BCUT2D eigenvalue weighted by molar-refractivity contribution is 0.229. The monoisotopic (exact) mass is 274 g/mol. The number of fused-ring (bicyclic) bond motifs is 1. The first-order valence-corrected chi connectivity index (χ1v) is 8.18. The van der Waals surface area contributed by atoms with Crippen LogP contribution in [0, 0.1) is 0 Å². The average Bonchev–Trinajstić information content (AvgIpc) is 2.74. The summed E-state index contributed by atoms with van der Waals surface area (Å²) >= 11 is 0. The van der Waals surface area contributed by atoms with E-state index in [-0.39, 0.29) is 0 Å². The Morgan fingerprint density at radius 3 is 2.75 bits per heavy atom. The molecule has 20 heavy (non-hydrogen) atoms. The molecule has 2 aliphatic rings. The Morgan fingerprint density at radius 1 is 1.15 bits per heavy atom. The summed E-state index contributed by atoms with van der Waals surface area (Å²) in [6.07, 6.45) is 10.4. The van der Waals surface area contributed by atoms with Crippen molar-refractivity contribution in [2.75, 3.05) is 25.0 Å². The highest BCUT2D eigenvalue weighted by Crippen LogP contribution is 2.25. The molecular weight excluding hydrogens is 248 g/mol. The van der Waals surface area contributed by atoms with Crippen molar-refractivity contribution >= 4 is 5.82 Å². The molecule has 0 bridgehead atoms. The van der Waals surface area contributed by atoms with E-state index < -0.39 is 0 Å². The highest BCUT2D eigenvalue weighted by atomic mass is 15.1. The van der Waals surface area contributed by atoms with Gasteiger partial charge in [-0.1, -0.05) is 13.3 Å². The van der Waals surface area contributed by atoms with Crippen LogP contribution in [-0.2, 0) is 12.8 Å². The number of hydrogen-bond donors (Lipinski definition) is 1. The van der Waals surface area contributed by atoms with Crippen LogP contribution >= 0.6 is 0 Å². The summed E-state index contributed by atoms with van der Waals surface area (Å²) in [6.45, 7) is 5.84. The normalized spacial score (nSPS) is 21.2. The molecule has 1 saturated heterocycles. The summed E-state index contributed by atoms with van der Waals surface area (Å²) in [4.78, 5) is 11.6. The van der Waals surface area contributed by atoms with E-state index in [1.165, 1.54) is 63.0 Å². The minimum absolute atomic E-state index is 0.583. The molecular formula is C16H26N4. The molecule has 110 valence electrons. The predicted molar refractivity (Wildman–Crippen MR) is 82.0 cm³/mol. The number of hydrogen-bond acceptors (Lipinski definition) is 4. The third kappa shape index (κ3) is 3.11. The fourth-order valence-electron chi connectivity index (χ4n) is 3.41. The summed E-state index contributed by atoms with van der Waals surface area (Å²) < 4.78 is 0. The van der Waals surface area contributed by atoms with Gasteiger partial charge in [0.15, 0.2) is 0 Å². The second-order valence-corrected chi connectivity index (χ2v) is 6.06. The first-order chi connectivity index (χ1) is 9.86. The van der Waals surface area contributed by atoms with Gasteiger partial charge in [-0.3, -0.25) is 0 Å². The molecule has 2 heterocycles. The minimum atomic E-state index is 0.583. The van der Waals surface area contributed by atoms with Gasteiger partial charge in [-0.2, -0.15) is 0 Å². The van der Waals surface area contributed by atoms with Gasteiger partial charge >= 0.3 is 0 Å². The van der Waals surface area contributed by atoms with Gasteiger partial charge in [0, 0.05) is 30.4 Å². The second kappa shape index (κ2) is 6.53. The summed E-state index contributed by atoms with van der Waals surface area (Å²) in [5.74, 6) is 1.12. The van der Waals surface area contributed by atoms with E-state index >= 15 is 0 Å². The number of aryl methyl sites for hydroxylation is 1. The van der Waals surface area contributed by atoms with Crippen LogP contribution in [0.2, 0.25) is 0 Å². The maximum Gasteiger partial charge on any atom is 0.133 e. The highest BCUT2D eigenvalue weighted by Gasteiger charge is 2.21. The number of nitrogens with zero attached hydrogens (tertiary/aromatic N) is 3. The van der Waals surface area contributed by atoms with Gasteiger partial charge < -0.3 is 10.2 Å². The lowest BCUT2D eigenvalue weighted by Gasteiger charge is -2.32. The third-order valence-electron chi connectivity index (χ3n) is 4.75. The van der Waals surface area contributed by atoms with Gasteiger partial charge in [0.25, 0.3) is 0 Å². The SMILES string of the molecule is CCN1CCC(Nc2ncnc3c2CCCCC3)CC1. The minimum Gasteiger partial charge on any atom is -0.367 e. The van der Waals surface area contributed by atoms with Gasteiger partial charge in [0.2, 0.25) is 0 Å². The van der Waals surface area contributed by atoms with Crippen molar-refractivity contribution in [1.29, 1.82) is 0 Å². The molecule has 1 aliphatic heterocycles. The fraction of sp³-hybridized carbons (Fsp3) is 0.750. The van der Waals surface area contributed by atoms with Crippen LogP contribution in [0.15, 0.2) is 6.33 Å². The van der Waals surface area contributed by atoms with E-state index in [0.717, 1.165) is 18.7 Å². The molecule has 1 aromatic heterocycles. The molecule has 0 spiro atoms. The Balaban J connectivity index is 1.68. The van der Waals surface area contributed by atoms with E-state index in [1.54, 1.807) is 6.33 Å². The van der Waals surface area contributed by atoms with Crippen LogP contribution in [-0.4, -0.2) is 40.5 Å². The van der Waals surface area contributed by atoms with Crippen LogP contribution < -0.4 is 5.32 Å². The van der Waals surface area contributed by atoms with E-state index in [9.17, 15) is 0 Å². The van der Waals surface area contributed by atoms with Crippen molar-refractivity contribution < 1.29 is 0 Å². The summed E-state index contributed by atoms with van der Waals surface area (Å²) in [6, 6.07) is 0.583. The molecule has 0 atom stereocenters. The molecule has 4 nitrogen and oxygen atoms in total. The summed E-state index contributed by atoms with van der Waals surface area (Å²) in [5, 5.41) is 3.70. The predicted octanol–water partition coefficient (Wildman–Crippen LogP) is 2.64. The molecule has 1 fully saturated rings. The van der Waals surface area contributed by atoms with Gasteiger partial charge in [-0.15, -0.1) is 0 Å². The second-order valence-electron chi connectivity index (χ2n) is 6.06. The van der Waals surface area contributed by atoms with Crippen molar-refractivity contribution in [2.24, 2.45) is 0 Å². The summed E-state index contributed by atoms with van der Waals surface area (Å²) in [5.41, 5.74) is 2.67. The fourth-order valence-corrected chi connectivity index (χ4v) is 3.41. The topological polar surface area (TPSA) is 41.0 Å². The van der Waals surface area contributed by atoms with Crippen LogP contribution in [0.1, 0.15) is 50.3 Å². The lowest BCUT2D eigenvalue weighted by atomic mass is 10.0. The third-order valence-corrected chi connectivity index (χ3v) is 4.75. The zero-order valence-electron chi connectivity index (χ0n) is 12.6. The van der Waals surface area contributed by atoms with E-state index in [2.05, 4.69) is 27.1 Å². The molecule has 1 aromatic rings. The van der Waals surface area contributed by atoms with Gasteiger partial charge in [-0.25, -0.2) is 9.97 Å². The Kier molecular flexibility index (Phi) is 4.51. The zero-order chi connectivity index (χ0) is 13.8. The lowest BCUT2D eigenvalue weighted by Crippen LogP contribution is -2.39. The molecule has 4 heteroatoms. The quantitative estimate of drug-likeness (QED) is 0.860. The van der Waals surface area contributed by atoms with Gasteiger partial charge in [0.05, 0.1) is 0 Å². The van der Waals surface area contributed by atoms with Gasteiger partial charge in [-0.05, 0) is 45.1 Å². The van der Waals surface area contributed by atoms with Crippen molar-refractivity contribution in [3.8, 4) is 0 Å². The standard InChI is InChI=1S/C16H26N4/c1-2-20-10-8-13(9-11-20)19-16-14-6-4-3-5-7-15(14)17-12-18-16/h12-13H,2-11H2,1H3,(H,17,18,19). The maximum absolute atomic E-state index is 4.53. The molecule has 1 N–H and O–H groups in total. The van der Waals surface area contributed by atoms with Crippen molar-refractivity contribution in [1.82, 2.24) is 14.9 Å². The van der Waals surface area contributed by atoms with Crippen molar-refractivity contribution in [3.05, 3.63) is 17.6 Å². The van der Waals surface area contributed by atoms with Gasteiger partial charge in [0.1, 0.15) is 12.1 Å². The molecule has 1 aliphatic carbocycles. The van der Waals surface area contributed by atoms with E-state index in [1.807, 2.05) is 0 Å². The number of likely N-dealkylation sites (tertiary alicyclic amines) is 1. The van der Waals surface area contributed by atoms with Crippen molar-refractivity contribution in [3.63, 3.8) is 0 Å². The molecule has 0 saturated carbocycles. The Bertz CT molecular complexity index is 438. The molecule has 0 amide bonds. The van der Waals surface area contributed by atoms with Crippen LogP contribution in [0.3, 0.4) is 0 Å². The van der Waals surface area contributed by atoms with Crippen LogP contribution in [0.4, 0.5) is 5.82 Å². The first kappa shape index (κ1) is 13.8. The Morgan fingerprint density at radius 2 is 1.95 bits per heavy atom. The first-order valence-electron chi connectivity index (χ1n) is 8.18. The molecule has 0 radical (unpaired) electrons. The summed E-state index contributed by atoms with van der Waals surface area (Å²) in [7, 11) is 0. The van der Waals surface area contributed by atoms with Crippen LogP contribution in [0.25, 0.3) is 0 Å². The average molecular weight is 274 g/mol. The number of aromatic nitrogens is 2. The van der Waals surface area contributed by atoms with E-state index in [4.69, 9.17) is 0 Å². The molecule has 0 unspecified atom stereocenters. The number of nitrogens with one attached hydrogen (secondary N) is 1. The van der Waals surface area contributed by atoms with Crippen LogP contribution in [0.5, 0.6) is 0 Å². The molecule has 3 rings (SSSR count). The number of piperidine rings is 1. The highest BCUT2D eigenvalue weighted by molar-refractivity contribution is 5.47. The number of anilines is 1. The zero-order valence-corrected chi connectivity index (χ0v) is 12.6.